The Morgan fingerprint density at radius 1 is 1.53 bits per heavy atom. The molecule has 0 aliphatic heterocycles. The Bertz CT molecular complexity index is 655. The molecule has 0 spiro atoms. The van der Waals surface area contributed by atoms with Gasteiger partial charge in [-0.1, -0.05) is 6.07 Å². The van der Waals surface area contributed by atoms with Crippen LogP contribution < -0.4 is 10.1 Å². The first kappa shape index (κ1) is 12.6. The summed E-state index contributed by atoms with van der Waals surface area (Å²) < 4.78 is 6.74. The number of nitrogens with one attached hydrogen (secondary N) is 1. The fraction of sp³-hybridized carbons (Fsp3) is 0.154. The van der Waals surface area contributed by atoms with Gasteiger partial charge in [0.15, 0.2) is 0 Å². The van der Waals surface area contributed by atoms with E-state index in [0.29, 0.717) is 22.7 Å². The van der Waals surface area contributed by atoms with Gasteiger partial charge in [0.2, 0.25) is 0 Å². The first-order valence-corrected chi connectivity index (χ1v) is 5.52. The number of aromatic nitrogens is 2. The van der Waals surface area contributed by atoms with Gasteiger partial charge in [-0.05, 0) is 12.1 Å². The number of rotatable bonds is 3. The van der Waals surface area contributed by atoms with Crippen molar-refractivity contribution < 1.29 is 9.53 Å². The topological polar surface area (TPSA) is 79.9 Å². The average Bonchev–Trinajstić information content (AvgIpc) is 2.85. The molecule has 0 bridgehead atoms. The van der Waals surface area contributed by atoms with Crippen LogP contribution >= 0.6 is 0 Å². The van der Waals surface area contributed by atoms with Gasteiger partial charge in [0.1, 0.15) is 23.2 Å². The lowest BCUT2D eigenvalue weighted by molar-refractivity contribution is 0.101. The number of benzene rings is 1. The number of anilines is 1. The van der Waals surface area contributed by atoms with Gasteiger partial charge in [0, 0.05) is 7.05 Å². The highest BCUT2D eigenvalue weighted by molar-refractivity contribution is 6.04. The number of imidazole rings is 1. The van der Waals surface area contributed by atoms with Gasteiger partial charge < -0.3 is 14.6 Å². The van der Waals surface area contributed by atoms with E-state index in [1.165, 1.54) is 19.6 Å². The molecular weight excluding hydrogens is 244 g/mol. The van der Waals surface area contributed by atoms with Crippen LogP contribution in [0.5, 0.6) is 5.75 Å². The molecule has 6 heteroatoms. The van der Waals surface area contributed by atoms with Crippen LogP contribution in [-0.4, -0.2) is 22.6 Å². The summed E-state index contributed by atoms with van der Waals surface area (Å²) in [5.74, 6) is 0.0931. The van der Waals surface area contributed by atoms with Crippen molar-refractivity contribution >= 4 is 11.6 Å². The molecule has 0 saturated heterocycles. The number of hydrogen-bond acceptors (Lipinski definition) is 4. The minimum Gasteiger partial charge on any atom is -0.495 e. The molecule has 2 aromatic rings. The summed E-state index contributed by atoms with van der Waals surface area (Å²) in [5.41, 5.74) is 1.10. The predicted molar refractivity (Wildman–Crippen MR) is 68.9 cm³/mol. The second-order valence-electron chi connectivity index (χ2n) is 3.84. The normalized spacial score (nSPS) is 9.74. The molecule has 1 aromatic heterocycles. The molecule has 0 aliphatic carbocycles. The standard InChI is InChI=1S/C13H12N4O2/c1-17-8-15-7-10(17)13(18)16-12-9(6-14)4-3-5-11(12)19-2/h3-5,7-8H,1-2H3,(H,16,18). The number of para-hydroxylation sites is 1. The number of nitrogens with zero attached hydrogens (tertiary/aromatic N) is 3. The van der Waals surface area contributed by atoms with E-state index < -0.39 is 0 Å². The summed E-state index contributed by atoms with van der Waals surface area (Å²) in [5, 5.41) is 11.7. The Morgan fingerprint density at radius 3 is 2.89 bits per heavy atom. The molecule has 0 atom stereocenters. The molecule has 1 N–H and O–H groups in total. The van der Waals surface area contributed by atoms with E-state index >= 15 is 0 Å². The number of ether oxygens (including phenoxy) is 1. The number of carbonyl (C=O) groups is 1. The zero-order valence-corrected chi connectivity index (χ0v) is 10.5. The third-order valence-corrected chi connectivity index (χ3v) is 2.65. The second kappa shape index (κ2) is 5.23. The maximum Gasteiger partial charge on any atom is 0.274 e. The van der Waals surface area contributed by atoms with Crippen LogP contribution in [0.15, 0.2) is 30.7 Å². The van der Waals surface area contributed by atoms with Gasteiger partial charge in [-0.15, -0.1) is 0 Å². The third kappa shape index (κ3) is 2.40. The van der Waals surface area contributed by atoms with Crippen LogP contribution in [0.1, 0.15) is 16.1 Å². The third-order valence-electron chi connectivity index (χ3n) is 2.65. The highest BCUT2D eigenvalue weighted by Crippen LogP contribution is 2.28. The van der Waals surface area contributed by atoms with Crippen LogP contribution in [0, 0.1) is 11.3 Å². The Labute approximate surface area is 110 Å². The summed E-state index contributed by atoms with van der Waals surface area (Å²) in [6.07, 6.45) is 2.99. The minimum atomic E-state index is -0.346. The van der Waals surface area contributed by atoms with E-state index in [1.807, 2.05) is 6.07 Å². The molecule has 0 saturated carbocycles. The van der Waals surface area contributed by atoms with Crippen molar-refractivity contribution in [2.45, 2.75) is 0 Å². The van der Waals surface area contributed by atoms with Crippen LogP contribution in [-0.2, 0) is 7.05 Å². The van der Waals surface area contributed by atoms with Crippen molar-refractivity contribution in [3.05, 3.63) is 42.0 Å². The quantitative estimate of drug-likeness (QED) is 0.903. The maximum absolute atomic E-state index is 12.1. The van der Waals surface area contributed by atoms with Crippen molar-refractivity contribution in [1.82, 2.24) is 9.55 Å². The molecule has 0 aliphatic rings. The molecule has 96 valence electrons. The minimum absolute atomic E-state index is 0.342. The van der Waals surface area contributed by atoms with Crippen molar-refractivity contribution in [3.63, 3.8) is 0 Å². The lowest BCUT2D eigenvalue weighted by Gasteiger charge is -2.11. The molecule has 2 rings (SSSR count). The fourth-order valence-corrected chi connectivity index (χ4v) is 1.68. The van der Waals surface area contributed by atoms with Crippen molar-refractivity contribution in [3.8, 4) is 11.8 Å². The van der Waals surface area contributed by atoms with Gasteiger partial charge in [0.05, 0.1) is 25.2 Å². The van der Waals surface area contributed by atoms with E-state index in [-0.39, 0.29) is 5.91 Å². The fourth-order valence-electron chi connectivity index (χ4n) is 1.68. The Balaban J connectivity index is 2.36. The van der Waals surface area contributed by atoms with E-state index in [0.717, 1.165) is 0 Å². The SMILES string of the molecule is COc1cccc(C#N)c1NC(=O)c1cncn1C. The Morgan fingerprint density at radius 2 is 2.32 bits per heavy atom. The summed E-state index contributed by atoms with van der Waals surface area (Å²) >= 11 is 0. The monoisotopic (exact) mass is 256 g/mol. The lowest BCUT2D eigenvalue weighted by Crippen LogP contribution is -2.16. The molecule has 0 fully saturated rings. The zero-order valence-electron chi connectivity index (χ0n) is 10.5. The van der Waals surface area contributed by atoms with Crippen LogP contribution in [0.4, 0.5) is 5.69 Å². The zero-order chi connectivity index (χ0) is 13.8. The number of amides is 1. The number of aryl methyl sites for hydroxylation is 1. The van der Waals surface area contributed by atoms with Crippen molar-refractivity contribution in [1.29, 1.82) is 5.26 Å². The van der Waals surface area contributed by atoms with E-state index in [4.69, 9.17) is 10.00 Å². The highest BCUT2D eigenvalue weighted by atomic mass is 16.5. The Kier molecular flexibility index (Phi) is 3.48. The van der Waals surface area contributed by atoms with E-state index in [9.17, 15) is 4.79 Å². The average molecular weight is 256 g/mol. The van der Waals surface area contributed by atoms with Crippen molar-refractivity contribution in [2.24, 2.45) is 7.05 Å². The number of carbonyl (C=O) groups excluding carboxylic acids is 1. The summed E-state index contributed by atoms with van der Waals surface area (Å²) in [6.45, 7) is 0. The first-order valence-electron chi connectivity index (χ1n) is 5.52. The predicted octanol–water partition coefficient (Wildman–Crippen LogP) is 1.55. The van der Waals surface area contributed by atoms with Crippen LogP contribution in [0.2, 0.25) is 0 Å². The summed E-state index contributed by atoms with van der Waals surface area (Å²) in [7, 11) is 3.20. The number of nitriles is 1. The maximum atomic E-state index is 12.1. The van der Waals surface area contributed by atoms with Crippen LogP contribution in [0.3, 0.4) is 0 Å². The summed E-state index contributed by atoms with van der Waals surface area (Å²) in [4.78, 5) is 16.0. The van der Waals surface area contributed by atoms with Gasteiger partial charge in [-0.3, -0.25) is 4.79 Å². The smallest absolute Gasteiger partial charge is 0.274 e. The van der Waals surface area contributed by atoms with Gasteiger partial charge >= 0.3 is 0 Å². The van der Waals surface area contributed by atoms with Gasteiger partial charge in [0.25, 0.3) is 5.91 Å². The molecule has 19 heavy (non-hydrogen) atoms. The van der Waals surface area contributed by atoms with Gasteiger partial charge in [-0.25, -0.2) is 4.98 Å². The first-order chi connectivity index (χ1) is 9.17. The molecule has 0 unspecified atom stereocenters. The van der Waals surface area contributed by atoms with Gasteiger partial charge in [-0.2, -0.15) is 5.26 Å². The molecule has 1 aromatic carbocycles. The molecule has 1 heterocycles. The number of methoxy groups -OCH3 is 1. The van der Waals surface area contributed by atoms with E-state index in [1.54, 1.807) is 29.8 Å². The largest absolute Gasteiger partial charge is 0.495 e. The number of hydrogen-bond donors (Lipinski definition) is 1. The summed E-state index contributed by atoms with van der Waals surface area (Å²) in [6, 6.07) is 7.00. The molecule has 1 amide bonds. The van der Waals surface area contributed by atoms with E-state index in [2.05, 4.69) is 10.3 Å². The van der Waals surface area contributed by atoms with Crippen molar-refractivity contribution in [2.75, 3.05) is 12.4 Å². The Hall–Kier alpha value is -2.81. The lowest BCUT2D eigenvalue weighted by atomic mass is 10.1. The molecular formula is C13H12N4O2. The second-order valence-corrected chi connectivity index (χ2v) is 3.84. The molecule has 0 radical (unpaired) electrons. The van der Waals surface area contributed by atoms with Crippen LogP contribution in [0.25, 0.3) is 0 Å². The highest BCUT2D eigenvalue weighted by Gasteiger charge is 2.15. The molecule has 6 nitrogen and oxygen atoms in total.